The Hall–Kier alpha value is -2.48. The fourth-order valence-electron chi connectivity index (χ4n) is 4.54. The first kappa shape index (κ1) is 26.1. The molecule has 2 aromatic carbocycles. The number of benzene rings is 2. The third-order valence-corrected chi connectivity index (χ3v) is 6.76. The molecule has 0 amide bonds. The van der Waals surface area contributed by atoms with Gasteiger partial charge in [-0.25, -0.2) is 4.98 Å². The van der Waals surface area contributed by atoms with Gasteiger partial charge in [0.25, 0.3) is 0 Å². The maximum atomic E-state index is 14.5. The maximum Gasteiger partial charge on any atom is 0.216 e. The Morgan fingerprint density at radius 1 is 0.529 bits per heavy atom. The maximum absolute atomic E-state index is 14.5. The van der Waals surface area contributed by atoms with Crippen molar-refractivity contribution in [3.8, 4) is 22.4 Å². The van der Waals surface area contributed by atoms with Crippen LogP contribution in [0.4, 0.5) is 4.39 Å². The van der Waals surface area contributed by atoms with Crippen LogP contribution in [0.15, 0.2) is 60.7 Å². The topological polar surface area (TPSA) is 12.9 Å². The van der Waals surface area contributed by atoms with Crippen molar-refractivity contribution >= 4 is 0 Å². The van der Waals surface area contributed by atoms with Gasteiger partial charge in [0.15, 0.2) is 0 Å². The van der Waals surface area contributed by atoms with E-state index in [1.165, 1.54) is 80.9 Å². The minimum atomic E-state index is -0.324. The van der Waals surface area contributed by atoms with Gasteiger partial charge in [-0.2, -0.15) is 4.39 Å². The van der Waals surface area contributed by atoms with E-state index in [4.69, 9.17) is 0 Å². The van der Waals surface area contributed by atoms with Crippen molar-refractivity contribution in [1.82, 2.24) is 4.98 Å². The van der Waals surface area contributed by atoms with Crippen LogP contribution in [0.3, 0.4) is 0 Å². The summed E-state index contributed by atoms with van der Waals surface area (Å²) in [4.78, 5) is 4.25. The zero-order valence-corrected chi connectivity index (χ0v) is 21.3. The molecule has 1 nitrogen and oxygen atoms in total. The zero-order chi connectivity index (χ0) is 24.0. The third-order valence-electron chi connectivity index (χ3n) is 6.76. The lowest BCUT2D eigenvalue weighted by Gasteiger charge is -2.08. The Kier molecular flexibility index (Phi) is 11.3. The molecule has 34 heavy (non-hydrogen) atoms. The first-order chi connectivity index (χ1) is 16.7. The highest BCUT2D eigenvalue weighted by Crippen LogP contribution is 2.25. The van der Waals surface area contributed by atoms with Crippen LogP contribution in [0.5, 0.6) is 0 Å². The summed E-state index contributed by atoms with van der Waals surface area (Å²) in [6.45, 7) is 4.46. The summed E-state index contributed by atoms with van der Waals surface area (Å²) in [6.07, 6.45) is 16.0. The van der Waals surface area contributed by atoms with E-state index in [1.807, 2.05) is 24.3 Å². The summed E-state index contributed by atoms with van der Waals surface area (Å²) >= 11 is 0. The van der Waals surface area contributed by atoms with E-state index in [1.54, 1.807) is 0 Å². The molecule has 1 heterocycles. The van der Waals surface area contributed by atoms with Gasteiger partial charge in [0, 0.05) is 11.1 Å². The molecule has 3 aromatic rings. The van der Waals surface area contributed by atoms with Crippen molar-refractivity contribution in [2.75, 3.05) is 0 Å². The number of hydrogen-bond acceptors (Lipinski definition) is 1. The molecule has 0 bridgehead atoms. The van der Waals surface area contributed by atoms with Crippen LogP contribution in [0.2, 0.25) is 0 Å². The first-order valence-corrected chi connectivity index (χ1v) is 13.6. The van der Waals surface area contributed by atoms with E-state index in [0.29, 0.717) is 5.69 Å². The van der Waals surface area contributed by atoms with Gasteiger partial charge < -0.3 is 0 Å². The molecule has 0 spiro atoms. The molecule has 0 aliphatic carbocycles. The van der Waals surface area contributed by atoms with E-state index in [-0.39, 0.29) is 5.95 Å². The molecule has 0 atom stereocenters. The highest BCUT2D eigenvalue weighted by atomic mass is 19.1. The molecule has 0 fully saturated rings. The standard InChI is InChI=1S/C32H42FN/c1-3-5-7-9-10-11-12-14-26-16-18-27(19-17-26)28-20-22-29(23-21-28)31-25-24-30(32(33)34-31)15-13-8-6-4-2/h16-25H,3-15H2,1-2H3. The SMILES string of the molecule is CCCCCCCCCc1ccc(-c2ccc(-c3ccc(CCCCCC)c(F)n3)cc2)cc1. The molecule has 2 heteroatoms. The Bertz CT molecular complexity index is 959. The molecule has 0 radical (unpaired) electrons. The van der Waals surface area contributed by atoms with Crippen molar-refractivity contribution in [2.45, 2.75) is 97.3 Å². The van der Waals surface area contributed by atoms with Crippen molar-refractivity contribution in [3.05, 3.63) is 77.7 Å². The largest absolute Gasteiger partial charge is 0.219 e. The van der Waals surface area contributed by atoms with E-state index in [9.17, 15) is 4.39 Å². The highest BCUT2D eigenvalue weighted by molar-refractivity contribution is 5.69. The number of aromatic nitrogens is 1. The van der Waals surface area contributed by atoms with Crippen LogP contribution in [-0.2, 0) is 12.8 Å². The Morgan fingerprint density at radius 3 is 1.65 bits per heavy atom. The lowest BCUT2D eigenvalue weighted by Crippen LogP contribution is -1.96. The molecular weight excluding hydrogens is 417 g/mol. The van der Waals surface area contributed by atoms with Gasteiger partial charge >= 0.3 is 0 Å². The van der Waals surface area contributed by atoms with E-state index in [2.05, 4.69) is 55.2 Å². The third kappa shape index (κ3) is 8.38. The van der Waals surface area contributed by atoms with Crippen LogP contribution in [0.1, 0.15) is 95.6 Å². The molecule has 0 aliphatic heterocycles. The van der Waals surface area contributed by atoms with Crippen molar-refractivity contribution < 1.29 is 4.39 Å². The summed E-state index contributed by atoms with van der Waals surface area (Å²) in [5, 5.41) is 0. The number of halogens is 1. The lowest BCUT2D eigenvalue weighted by molar-refractivity contribution is 0.558. The normalized spacial score (nSPS) is 11.1. The number of pyridine rings is 1. The molecule has 0 N–H and O–H groups in total. The van der Waals surface area contributed by atoms with Gasteiger partial charge in [-0.1, -0.05) is 126 Å². The summed E-state index contributed by atoms with van der Waals surface area (Å²) in [5.74, 6) is -0.324. The van der Waals surface area contributed by atoms with Gasteiger partial charge in [-0.15, -0.1) is 0 Å². The minimum Gasteiger partial charge on any atom is -0.219 e. The van der Waals surface area contributed by atoms with Crippen LogP contribution >= 0.6 is 0 Å². The summed E-state index contributed by atoms with van der Waals surface area (Å²) in [7, 11) is 0. The highest BCUT2D eigenvalue weighted by Gasteiger charge is 2.08. The molecule has 0 aliphatic rings. The van der Waals surface area contributed by atoms with Gasteiger partial charge in [-0.3, -0.25) is 0 Å². The molecular formula is C32H42FN. The zero-order valence-electron chi connectivity index (χ0n) is 21.3. The van der Waals surface area contributed by atoms with Crippen LogP contribution in [0.25, 0.3) is 22.4 Å². The number of aryl methyl sites for hydroxylation is 2. The van der Waals surface area contributed by atoms with Crippen molar-refractivity contribution in [1.29, 1.82) is 0 Å². The smallest absolute Gasteiger partial charge is 0.216 e. The number of nitrogens with zero attached hydrogens (tertiary/aromatic N) is 1. The van der Waals surface area contributed by atoms with Crippen LogP contribution in [0, 0.1) is 5.95 Å². The monoisotopic (exact) mass is 459 g/mol. The molecule has 0 saturated carbocycles. The quantitative estimate of drug-likeness (QED) is 0.163. The second-order valence-corrected chi connectivity index (χ2v) is 9.60. The average Bonchev–Trinajstić information content (AvgIpc) is 2.87. The van der Waals surface area contributed by atoms with Gasteiger partial charge in [-0.05, 0) is 48.4 Å². The summed E-state index contributed by atoms with van der Waals surface area (Å²) < 4.78 is 14.5. The average molecular weight is 460 g/mol. The molecule has 0 saturated heterocycles. The summed E-state index contributed by atoms with van der Waals surface area (Å²) in [6, 6.07) is 21.1. The van der Waals surface area contributed by atoms with E-state index >= 15 is 0 Å². The minimum absolute atomic E-state index is 0.324. The van der Waals surface area contributed by atoms with Gasteiger partial charge in [0.1, 0.15) is 0 Å². The Morgan fingerprint density at radius 2 is 1.03 bits per heavy atom. The molecule has 182 valence electrons. The fraction of sp³-hybridized carbons (Fsp3) is 0.469. The molecule has 3 rings (SSSR count). The van der Waals surface area contributed by atoms with Crippen molar-refractivity contribution in [2.24, 2.45) is 0 Å². The fourth-order valence-corrected chi connectivity index (χ4v) is 4.54. The second kappa shape index (κ2) is 14.7. The first-order valence-electron chi connectivity index (χ1n) is 13.6. The number of unbranched alkanes of at least 4 members (excludes halogenated alkanes) is 9. The Labute approximate surface area is 206 Å². The lowest BCUT2D eigenvalue weighted by atomic mass is 9.99. The van der Waals surface area contributed by atoms with Crippen LogP contribution in [-0.4, -0.2) is 4.98 Å². The summed E-state index contributed by atoms with van der Waals surface area (Å²) in [5.41, 5.74) is 6.20. The second-order valence-electron chi connectivity index (χ2n) is 9.60. The predicted molar refractivity (Wildman–Crippen MR) is 145 cm³/mol. The van der Waals surface area contributed by atoms with Gasteiger partial charge in [0.05, 0.1) is 5.69 Å². The molecule has 0 unspecified atom stereocenters. The van der Waals surface area contributed by atoms with Crippen LogP contribution < -0.4 is 0 Å². The van der Waals surface area contributed by atoms with Crippen molar-refractivity contribution in [3.63, 3.8) is 0 Å². The Balaban J connectivity index is 1.51. The number of rotatable bonds is 15. The van der Waals surface area contributed by atoms with E-state index in [0.717, 1.165) is 30.4 Å². The van der Waals surface area contributed by atoms with Gasteiger partial charge in [0.2, 0.25) is 5.95 Å². The number of hydrogen-bond donors (Lipinski definition) is 0. The molecule has 1 aromatic heterocycles. The predicted octanol–water partition coefficient (Wildman–Crippen LogP) is 9.97. The van der Waals surface area contributed by atoms with E-state index < -0.39 is 0 Å².